The van der Waals surface area contributed by atoms with Crippen LogP contribution in [0.3, 0.4) is 0 Å². The van der Waals surface area contributed by atoms with Crippen molar-refractivity contribution in [2.24, 2.45) is 5.92 Å². The Morgan fingerprint density at radius 1 is 1.42 bits per heavy atom. The number of pyridine rings is 1. The summed E-state index contributed by atoms with van der Waals surface area (Å²) in [6.07, 6.45) is 11.9. The Kier molecular flexibility index (Phi) is 7.80. The van der Waals surface area contributed by atoms with Crippen molar-refractivity contribution < 1.29 is 9.90 Å². The molecule has 2 aliphatic carbocycles. The van der Waals surface area contributed by atoms with Gasteiger partial charge in [-0.05, 0) is 56.2 Å². The molecular weight excluding hydrogens is 412 g/mol. The van der Waals surface area contributed by atoms with Crippen LogP contribution in [0.1, 0.15) is 56.3 Å². The molecule has 0 spiro atoms. The first-order valence-electron chi connectivity index (χ1n) is 10.8. The summed E-state index contributed by atoms with van der Waals surface area (Å²) >= 11 is 6.04. The highest BCUT2D eigenvalue weighted by Gasteiger charge is 2.22. The monoisotopic (exact) mass is 442 g/mol. The largest absolute Gasteiger partial charge is 0.506 e. The van der Waals surface area contributed by atoms with Crippen molar-refractivity contribution in [2.75, 3.05) is 6.54 Å². The summed E-state index contributed by atoms with van der Waals surface area (Å²) in [5.41, 5.74) is 3.50. The van der Waals surface area contributed by atoms with Crippen LogP contribution in [0.25, 0.3) is 0 Å². The zero-order valence-corrected chi connectivity index (χ0v) is 18.9. The number of halogens is 1. The van der Waals surface area contributed by atoms with Crippen molar-refractivity contribution in [1.29, 1.82) is 5.41 Å². The van der Waals surface area contributed by atoms with Crippen LogP contribution >= 0.6 is 11.6 Å². The molecule has 1 aromatic heterocycles. The fourth-order valence-corrected chi connectivity index (χ4v) is 3.57. The lowest BCUT2D eigenvalue weighted by Gasteiger charge is -2.15. The van der Waals surface area contributed by atoms with Crippen LogP contribution in [-0.4, -0.2) is 22.1 Å². The zero-order valence-electron chi connectivity index (χ0n) is 18.2. The molecule has 0 atom stereocenters. The van der Waals surface area contributed by atoms with Crippen molar-refractivity contribution in [1.82, 2.24) is 15.2 Å². The van der Waals surface area contributed by atoms with E-state index < -0.39 is 0 Å². The van der Waals surface area contributed by atoms with Crippen molar-refractivity contribution >= 4 is 17.5 Å². The Morgan fingerprint density at radius 3 is 2.90 bits per heavy atom. The van der Waals surface area contributed by atoms with E-state index in [9.17, 15) is 9.90 Å². The van der Waals surface area contributed by atoms with Crippen LogP contribution in [0.4, 0.5) is 0 Å². The molecule has 3 rings (SSSR count). The van der Waals surface area contributed by atoms with E-state index in [1.807, 2.05) is 23.8 Å². The van der Waals surface area contributed by atoms with E-state index in [4.69, 9.17) is 17.0 Å². The first-order valence-corrected chi connectivity index (χ1v) is 11.2. The number of aliphatic hydroxyl groups is 1. The minimum absolute atomic E-state index is 0.0386. The molecule has 0 radical (unpaired) electrons. The molecule has 0 aromatic carbocycles. The van der Waals surface area contributed by atoms with Crippen LogP contribution in [0.2, 0.25) is 0 Å². The molecule has 1 amide bonds. The van der Waals surface area contributed by atoms with Gasteiger partial charge in [-0.3, -0.25) is 10.2 Å². The average Bonchev–Trinajstić information content (AvgIpc) is 3.57. The van der Waals surface area contributed by atoms with E-state index in [1.54, 1.807) is 18.2 Å². The number of hydrogen-bond acceptors (Lipinski definition) is 4. The van der Waals surface area contributed by atoms with Gasteiger partial charge in [0, 0.05) is 43.2 Å². The minimum atomic E-state index is -0.232. The first kappa shape index (κ1) is 22.9. The lowest BCUT2D eigenvalue weighted by atomic mass is 10.1. The van der Waals surface area contributed by atoms with Gasteiger partial charge in [-0.15, -0.1) is 0 Å². The third-order valence-electron chi connectivity index (χ3n) is 5.47. The number of carbonyl (C=O) groups excluding carboxylic acids is 1. The van der Waals surface area contributed by atoms with Gasteiger partial charge in [-0.25, -0.2) is 0 Å². The quantitative estimate of drug-likeness (QED) is 0.449. The number of amides is 1. The second-order valence-corrected chi connectivity index (χ2v) is 8.52. The van der Waals surface area contributed by atoms with E-state index in [0.29, 0.717) is 35.9 Å². The maximum Gasteiger partial charge on any atom is 0.255 e. The van der Waals surface area contributed by atoms with Gasteiger partial charge >= 0.3 is 0 Å². The molecule has 1 saturated carbocycles. The lowest BCUT2D eigenvalue weighted by molar-refractivity contribution is 0.0951. The molecule has 4 N–H and O–H groups in total. The molecular formula is C24H31ClN4O2. The van der Waals surface area contributed by atoms with E-state index in [-0.39, 0.29) is 17.2 Å². The van der Waals surface area contributed by atoms with Crippen molar-refractivity contribution in [3.8, 4) is 0 Å². The van der Waals surface area contributed by atoms with Gasteiger partial charge in [0.05, 0.1) is 10.6 Å². The lowest BCUT2D eigenvalue weighted by Crippen LogP contribution is -2.34. The summed E-state index contributed by atoms with van der Waals surface area (Å²) in [6, 6.07) is 3.53. The molecule has 6 nitrogen and oxygen atoms in total. The summed E-state index contributed by atoms with van der Waals surface area (Å²) in [4.78, 5) is 12.7. The van der Waals surface area contributed by atoms with Gasteiger partial charge in [-0.2, -0.15) is 0 Å². The maximum absolute atomic E-state index is 12.7. The number of nitrogens with one attached hydrogen (secondary N) is 3. The Morgan fingerprint density at radius 2 is 2.19 bits per heavy atom. The van der Waals surface area contributed by atoms with Crippen molar-refractivity contribution in [3.05, 3.63) is 75.4 Å². The molecule has 1 heterocycles. The number of allylic oxidation sites excluding steroid dienone is 5. The van der Waals surface area contributed by atoms with Crippen LogP contribution < -0.4 is 16.1 Å². The smallest absolute Gasteiger partial charge is 0.255 e. The number of nitrogens with zero attached hydrogens (tertiary/aromatic N) is 1. The SMILES string of the molecule is CC/C=C(\CCNC(=O)c1cccn(CC2CC2)c1=N)NC1=C(C)CC=C(Cl)C(O)=C1. The Hall–Kier alpha value is -2.73. The van der Waals surface area contributed by atoms with Gasteiger partial charge in [0.15, 0.2) is 0 Å². The van der Waals surface area contributed by atoms with E-state index in [0.717, 1.165) is 29.9 Å². The summed E-state index contributed by atoms with van der Waals surface area (Å²) in [5.74, 6) is 0.446. The van der Waals surface area contributed by atoms with Crippen LogP contribution in [0, 0.1) is 11.3 Å². The molecule has 0 unspecified atom stereocenters. The van der Waals surface area contributed by atoms with Gasteiger partial charge in [-0.1, -0.05) is 30.7 Å². The van der Waals surface area contributed by atoms with Crippen molar-refractivity contribution in [2.45, 2.75) is 52.5 Å². The Balaban J connectivity index is 1.61. The fraction of sp³-hybridized carbons (Fsp3) is 0.417. The van der Waals surface area contributed by atoms with Gasteiger partial charge in [0.25, 0.3) is 5.91 Å². The fourth-order valence-electron chi connectivity index (χ4n) is 3.44. The summed E-state index contributed by atoms with van der Waals surface area (Å²) in [6.45, 7) is 5.29. The summed E-state index contributed by atoms with van der Waals surface area (Å²) in [5, 5.41) is 25.1. The molecule has 1 aromatic rings. The molecule has 166 valence electrons. The first-order chi connectivity index (χ1) is 14.9. The number of rotatable bonds is 9. The zero-order chi connectivity index (χ0) is 22.4. The van der Waals surface area contributed by atoms with Gasteiger partial charge in [0.1, 0.15) is 11.2 Å². The van der Waals surface area contributed by atoms with E-state index in [1.165, 1.54) is 12.8 Å². The molecule has 0 aliphatic heterocycles. The maximum atomic E-state index is 12.7. The highest BCUT2D eigenvalue weighted by atomic mass is 35.5. The van der Waals surface area contributed by atoms with E-state index in [2.05, 4.69) is 23.6 Å². The predicted octanol–water partition coefficient (Wildman–Crippen LogP) is 4.62. The molecule has 7 heteroatoms. The molecule has 0 saturated heterocycles. The van der Waals surface area contributed by atoms with Crippen LogP contribution in [0.15, 0.2) is 64.3 Å². The molecule has 31 heavy (non-hydrogen) atoms. The van der Waals surface area contributed by atoms with Gasteiger partial charge in [0.2, 0.25) is 0 Å². The second kappa shape index (κ2) is 10.5. The molecule has 1 fully saturated rings. The van der Waals surface area contributed by atoms with Gasteiger partial charge < -0.3 is 20.3 Å². The van der Waals surface area contributed by atoms with Crippen LogP contribution in [-0.2, 0) is 6.54 Å². The Bertz CT molecular complexity index is 1010. The number of hydrogen-bond donors (Lipinski definition) is 4. The number of aromatic nitrogens is 1. The number of carbonyl (C=O) groups is 1. The third kappa shape index (κ3) is 6.37. The Labute approximate surface area is 188 Å². The summed E-state index contributed by atoms with van der Waals surface area (Å²) < 4.78 is 1.86. The summed E-state index contributed by atoms with van der Waals surface area (Å²) in [7, 11) is 0. The standard InChI is InChI=1S/C24H31ClN4O2/c1-3-5-18(28-21-14-22(30)20(25)10-7-16(21)2)11-12-27-24(31)19-6-4-13-29(23(19)26)15-17-8-9-17/h4-6,10,13-14,17,26,28,30H,3,7-9,11-12,15H2,1-2H3,(H,27,31)/b18-5+,26-23?. The van der Waals surface area contributed by atoms with Crippen molar-refractivity contribution in [3.63, 3.8) is 0 Å². The molecule has 0 bridgehead atoms. The topological polar surface area (TPSA) is 90.1 Å². The normalized spacial score (nSPS) is 17.1. The predicted molar refractivity (Wildman–Crippen MR) is 123 cm³/mol. The second-order valence-electron chi connectivity index (χ2n) is 8.11. The average molecular weight is 443 g/mol. The number of aliphatic hydroxyl groups excluding tert-OH is 1. The van der Waals surface area contributed by atoms with E-state index >= 15 is 0 Å². The molecule has 2 aliphatic rings. The minimum Gasteiger partial charge on any atom is -0.506 e. The van der Waals surface area contributed by atoms with Crippen LogP contribution in [0.5, 0.6) is 0 Å². The third-order valence-corrected chi connectivity index (χ3v) is 5.81. The highest BCUT2D eigenvalue weighted by molar-refractivity contribution is 6.31. The highest BCUT2D eigenvalue weighted by Crippen LogP contribution is 2.30.